The van der Waals surface area contributed by atoms with Gasteiger partial charge in [-0.1, -0.05) is 206 Å². The quantitative estimate of drug-likeness (QED) is 0.0457. The van der Waals surface area contributed by atoms with Gasteiger partial charge in [0.15, 0.2) is 0 Å². The number of fused-ring (bicyclic) bond motifs is 3. The van der Waals surface area contributed by atoms with E-state index in [1.165, 1.54) is 32.1 Å². The van der Waals surface area contributed by atoms with Crippen LogP contribution in [0.3, 0.4) is 0 Å². The van der Waals surface area contributed by atoms with Crippen LogP contribution in [-0.2, 0) is 70.8 Å². The fourth-order valence-corrected chi connectivity index (χ4v) is 12.1. The minimum absolute atomic E-state index is 0.0528. The lowest BCUT2D eigenvalue weighted by Crippen LogP contribution is -2.55. The first-order valence-electron chi connectivity index (χ1n) is 29.3. The number of amides is 4. The molecule has 8 aromatic carbocycles. The maximum absolute atomic E-state index is 14.9. The van der Waals surface area contributed by atoms with Crippen LogP contribution in [0.1, 0.15) is 117 Å². The molecule has 10 heteroatoms. The Labute approximate surface area is 482 Å². The van der Waals surface area contributed by atoms with Crippen LogP contribution in [0.15, 0.2) is 206 Å². The van der Waals surface area contributed by atoms with E-state index in [0.29, 0.717) is 10.8 Å². The topological polar surface area (TPSA) is 133 Å². The molecule has 2 aliphatic rings. The number of carbonyl (C=O) groups is 6. The molecular weight excluding hydrogens is 1020 g/mol. The maximum atomic E-state index is 14.9. The summed E-state index contributed by atoms with van der Waals surface area (Å²) in [6.07, 6.45) is 10.4. The molecule has 0 aliphatic carbocycles. The molecular formula is C72H72N4O6. The largest absolute Gasteiger partial charge is 0.352 e. The number of nitrogens with zero attached hydrogens (tertiary/aromatic N) is 2. The zero-order chi connectivity index (χ0) is 56.6. The molecule has 10 nitrogen and oxygen atoms in total. The lowest BCUT2D eigenvalue weighted by Gasteiger charge is -2.36. The van der Waals surface area contributed by atoms with Gasteiger partial charge in [0, 0.05) is 49.1 Å². The second kappa shape index (κ2) is 27.6. The summed E-state index contributed by atoms with van der Waals surface area (Å²) < 4.78 is 0. The van der Waals surface area contributed by atoms with Crippen molar-refractivity contribution in [1.29, 1.82) is 0 Å². The van der Waals surface area contributed by atoms with E-state index < -0.39 is 35.5 Å². The summed E-state index contributed by atoms with van der Waals surface area (Å²) in [6, 6.07) is 64.1. The summed E-state index contributed by atoms with van der Waals surface area (Å²) in [5, 5.41) is 7.34. The first-order chi connectivity index (χ1) is 40.2. The highest BCUT2D eigenvalue weighted by atomic mass is 16.2. The van der Waals surface area contributed by atoms with Crippen molar-refractivity contribution in [2.24, 2.45) is 0 Å². The van der Waals surface area contributed by atoms with Crippen molar-refractivity contribution in [3.8, 4) is 0 Å². The van der Waals surface area contributed by atoms with E-state index in [1.54, 1.807) is 36.4 Å². The van der Waals surface area contributed by atoms with E-state index in [4.69, 9.17) is 0 Å². The summed E-state index contributed by atoms with van der Waals surface area (Å²) in [5.41, 5.74) is 8.62. The number of carbonyl (C=O) groups excluding carboxylic acids is 6. The molecule has 10 rings (SSSR count). The van der Waals surface area contributed by atoms with Gasteiger partial charge in [0.25, 0.3) is 23.4 Å². The molecule has 2 heterocycles. The monoisotopic (exact) mass is 1090 g/mol. The van der Waals surface area contributed by atoms with E-state index in [0.717, 1.165) is 99.3 Å². The van der Waals surface area contributed by atoms with Gasteiger partial charge < -0.3 is 20.4 Å². The summed E-state index contributed by atoms with van der Waals surface area (Å²) in [6.45, 7) is 0.120. The third kappa shape index (κ3) is 14.2. The highest BCUT2D eigenvalue weighted by molar-refractivity contribution is 6.47. The number of benzene rings is 8. The summed E-state index contributed by atoms with van der Waals surface area (Å²) in [5.74, 6) is -3.94. The smallest absolute Gasteiger partial charge is 0.295 e. The fraction of sp³-hybridized carbons (Fsp3) is 0.278. The molecule has 0 spiro atoms. The van der Waals surface area contributed by atoms with Gasteiger partial charge in [-0.25, -0.2) is 0 Å². The van der Waals surface area contributed by atoms with Crippen molar-refractivity contribution in [1.82, 2.24) is 20.4 Å². The first kappa shape index (κ1) is 56.5. The average molecular weight is 1090 g/mol. The number of Topliss-reactive ketones (excluding diaryl/α,β-unsaturated/α-hetero) is 2. The summed E-state index contributed by atoms with van der Waals surface area (Å²) >= 11 is 0. The molecule has 0 saturated heterocycles. The molecule has 0 aromatic heterocycles. The minimum Gasteiger partial charge on any atom is -0.352 e. The fourth-order valence-electron chi connectivity index (χ4n) is 12.1. The number of rotatable bonds is 24. The average Bonchev–Trinajstić information content (AvgIpc) is 3.63. The van der Waals surface area contributed by atoms with Gasteiger partial charge in [-0.15, -0.1) is 0 Å². The van der Waals surface area contributed by atoms with Gasteiger partial charge in [-0.05, 0) is 132 Å². The standard InChI is InChI=1S/C72H72N4O6/c77-67(71(81)75-49-57-37-15-13-35-55(57)47-65(75)69(79)73-59(39-17-31-51-23-5-1-6-24-51)40-18-32-52-25-7-2-8-26-52)63-45-21-44-62-61(63)43-22-46-64(62)68(78)72(82)76-50-58-38-16-14-36-56(58)48-66(76)70(80)74-60(41-19-33-53-27-9-3-10-28-53)42-20-34-54-29-11-4-12-30-54/h1-16,21-30,35-38,43-46,59-60,65-66H,17-20,31-34,39-42,47-50H2,(H,73,79)(H,74,80)/t65-,66-/m0/s1. The van der Waals surface area contributed by atoms with Gasteiger partial charge >= 0.3 is 0 Å². The number of aryl methyl sites for hydroxylation is 4. The van der Waals surface area contributed by atoms with Gasteiger partial charge in [-0.2, -0.15) is 0 Å². The normalized spacial score (nSPS) is 14.7. The van der Waals surface area contributed by atoms with Gasteiger partial charge in [0.2, 0.25) is 11.8 Å². The Morgan fingerprint density at radius 3 is 0.963 bits per heavy atom. The van der Waals surface area contributed by atoms with E-state index in [-0.39, 0.29) is 61.0 Å². The van der Waals surface area contributed by atoms with Crippen molar-refractivity contribution in [2.45, 2.75) is 127 Å². The van der Waals surface area contributed by atoms with Gasteiger partial charge in [0.1, 0.15) is 12.1 Å². The molecule has 0 unspecified atom stereocenters. The first-order valence-corrected chi connectivity index (χ1v) is 29.3. The molecule has 0 bridgehead atoms. The van der Waals surface area contributed by atoms with E-state index in [2.05, 4.69) is 59.2 Å². The molecule has 416 valence electrons. The maximum Gasteiger partial charge on any atom is 0.295 e. The van der Waals surface area contributed by atoms with Crippen molar-refractivity contribution in [3.63, 3.8) is 0 Å². The van der Waals surface area contributed by atoms with Crippen LogP contribution in [0.4, 0.5) is 0 Å². The van der Waals surface area contributed by atoms with Gasteiger partial charge in [-0.3, -0.25) is 28.8 Å². The van der Waals surface area contributed by atoms with Crippen LogP contribution in [0, 0.1) is 0 Å². The summed E-state index contributed by atoms with van der Waals surface area (Å²) in [4.78, 5) is 91.8. The molecule has 0 fully saturated rings. The van der Waals surface area contributed by atoms with Crippen molar-refractivity contribution < 1.29 is 28.8 Å². The SMILES string of the molecule is O=C(C(=O)N1Cc2ccccc2C[C@H]1C(=O)NC(CCCc1ccccc1)CCCc1ccccc1)c1cccc2c(C(=O)C(=O)N3Cc4ccccc4C[C@H]3C(=O)NC(CCCc3ccccc3)CCCc3ccccc3)cccc12. The Kier molecular flexibility index (Phi) is 19.0. The molecule has 8 aromatic rings. The molecule has 0 saturated carbocycles. The molecule has 2 atom stereocenters. The lowest BCUT2D eigenvalue weighted by atomic mass is 9.90. The summed E-state index contributed by atoms with van der Waals surface area (Å²) in [7, 11) is 0. The Morgan fingerprint density at radius 2 is 0.646 bits per heavy atom. The van der Waals surface area contributed by atoms with Gasteiger partial charge in [0.05, 0.1) is 0 Å². The van der Waals surface area contributed by atoms with Crippen LogP contribution in [0.25, 0.3) is 10.8 Å². The van der Waals surface area contributed by atoms with Crippen molar-refractivity contribution in [2.75, 3.05) is 0 Å². The third-order valence-corrected chi connectivity index (χ3v) is 16.6. The number of nitrogens with one attached hydrogen (secondary N) is 2. The van der Waals surface area contributed by atoms with Crippen LogP contribution >= 0.6 is 0 Å². The predicted octanol–water partition coefficient (Wildman–Crippen LogP) is 12.2. The molecule has 0 radical (unpaired) electrons. The van der Waals surface area contributed by atoms with Crippen molar-refractivity contribution in [3.05, 3.63) is 262 Å². The van der Waals surface area contributed by atoms with Crippen LogP contribution in [0.2, 0.25) is 0 Å². The molecule has 2 aliphatic heterocycles. The molecule has 82 heavy (non-hydrogen) atoms. The van der Waals surface area contributed by atoms with E-state index in [1.807, 2.05) is 121 Å². The minimum atomic E-state index is -0.958. The van der Waals surface area contributed by atoms with E-state index in [9.17, 15) is 28.8 Å². The number of ketones is 2. The van der Waals surface area contributed by atoms with Crippen molar-refractivity contribution >= 4 is 46.0 Å². The Bertz CT molecular complexity index is 3170. The van der Waals surface area contributed by atoms with Crippen LogP contribution in [-0.4, -0.2) is 69.2 Å². The van der Waals surface area contributed by atoms with Crippen LogP contribution in [0.5, 0.6) is 0 Å². The Hall–Kier alpha value is -8.76. The molecule has 2 N–H and O–H groups in total. The zero-order valence-electron chi connectivity index (χ0n) is 46.6. The zero-order valence-corrected chi connectivity index (χ0v) is 46.6. The lowest BCUT2D eigenvalue weighted by molar-refractivity contribution is -0.138. The number of hydrogen-bond donors (Lipinski definition) is 2. The molecule has 4 amide bonds. The van der Waals surface area contributed by atoms with Crippen LogP contribution < -0.4 is 10.6 Å². The van der Waals surface area contributed by atoms with E-state index >= 15 is 0 Å². The number of hydrogen-bond acceptors (Lipinski definition) is 6. The highest BCUT2D eigenvalue weighted by Gasteiger charge is 2.40. The second-order valence-corrected chi connectivity index (χ2v) is 22.1. The Balaban J connectivity index is 0.872. The highest BCUT2D eigenvalue weighted by Crippen LogP contribution is 2.31. The second-order valence-electron chi connectivity index (χ2n) is 22.1. The predicted molar refractivity (Wildman–Crippen MR) is 323 cm³/mol. The third-order valence-electron chi connectivity index (χ3n) is 16.6. The Morgan fingerprint density at radius 1 is 0.354 bits per heavy atom.